The van der Waals surface area contributed by atoms with Gasteiger partial charge in [0, 0.05) is 0 Å². The summed E-state index contributed by atoms with van der Waals surface area (Å²) in [5.41, 5.74) is -2.71. The van der Waals surface area contributed by atoms with Crippen molar-refractivity contribution in [1.29, 1.82) is 0 Å². The number of alkyl halides is 3. The molecule has 0 radical (unpaired) electrons. The molecule has 3 nitrogen and oxygen atoms in total. The molecular weight excluding hydrogens is 290 g/mol. The van der Waals surface area contributed by atoms with Crippen molar-refractivity contribution in [3.8, 4) is 0 Å². The molecule has 1 aromatic carbocycles. The van der Waals surface area contributed by atoms with Crippen molar-refractivity contribution in [2.24, 2.45) is 5.92 Å². The van der Waals surface area contributed by atoms with Gasteiger partial charge in [0.25, 0.3) is 5.91 Å². The van der Waals surface area contributed by atoms with Crippen LogP contribution in [-0.4, -0.2) is 23.2 Å². The maximum Gasteiger partial charge on any atom is 0.416 e. The first kappa shape index (κ1) is 15.8. The minimum absolute atomic E-state index is 0.0558. The summed E-state index contributed by atoms with van der Waals surface area (Å²) in [6, 6.07) is 1.68. The Morgan fingerprint density at radius 3 is 2.48 bits per heavy atom. The highest BCUT2D eigenvalue weighted by Crippen LogP contribution is 2.39. The van der Waals surface area contributed by atoms with Gasteiger partial charge in [-0.05, 0) is 43.9 Å². The number of nitrogens with one attached hydrogen (secondary N) is 1. The second-order valence-corrected chi connectivity index (χ2v) is 5.50. The number of halogens is 4. The van der Waals surface area contributed by atoms with Crippen molar-refractivity contribution in [3.05, 3.63) is 35.1 Å². The van der Waals surface area contributed by atoms with E-state index in [1.807, 2.05) is 0 Å². The molecule has 1 unspecified atom stereocenters. The van der Waals surface area contributed by atoms with Gasteiger partial charge in [0.1, 0.15) is 5.82 Å². The van der Waals surface area contributed by atoms with Crippen molar-refractivity contribution < 1.29 is 27.5 Å². The number of rotatable bonds is 4. The highest BCUT2D eigenvalue weighted by atomic mass is 19.4. The third-order valence-corrected chi connectivity index (χ3v) is 3.74. The minimum atomic E-state index is -4.65. The summed E-state index contributed by atoms with van der Waals surface area (Å²) in [4.78, 5) is 12.0. The van der Waals surface area contributed by atoms with E-state index in [9.17, 15) is 27.5 Å². The normalized spacial score (nSPS) is 18.2. The molecule has 2 rings (SSSR count). The minimum Gasteiger partial charge on any atom is -0.394 e. The average molecular weight is 305 g/mol. The molecular formula is C14H15F4NO2. The SMILES string of the molecule is CC(CO)(NC(=O)c1cc(C(F)(F)F)ccc1F)C1CC1. The molecule has 1 fully saturated rings. The maximum atomic E-state index is 13.6. The highest BCUT2D eigenvalue weighted by molar-refractivity contribution is 5.95. The Bertz CT molecular complexity index is 554. The Hall–Kier alpha value is -1.63. The van der Waals surface area contributed by atoms with E-state index in [0.717, 1.165) is 12.8 Å². The van der Waals surface area contributed by atoms with Crippen molar-refractivity contribution in [1.82, 2.24) is 5.32 Å². The van der Waals surface area contributed by atoms with Gasteiger partial charge in [0.15, 0.2) is 0 Å². The van der Waals surface area contributed by atoms with Crippen molar-refractivity contribution in [3.63, 3.8) is 0 Å². The molecule has 1 amide bonds. The van der Waals surface area contributed by atoms with Gasteiger partial charge in [-0.15, -0.1) is 0 Å². The molecule has 1 saturated carbocycles. The van der Waals surface area contributed by atoms with Crippen LogP contribution in [0, 0.1) is 11.7 Å². The summed E-state index contributed by atoms with van der Waals surface area (Å²) in [5.74, 6) is -1.93. The summed E-state index contributed by atoms with van der Waals surface area (Å²) >= 11 is 0. The average Bonchev–Trinajstić information content (AvgIpc) is 3.22. The van der Waals surface area contributed by atoms with Gasteiger partial charge in [-0.3, -0.25) is 4.79 Å². The molecule has 116 valence electrons. The van der Waals surface area contributed by atoms with Gasteiger partial charge >= 0.3 is 6.18 Å². The molecule has 0 spiro atoms. The molecule has 21 heavy (non-hydrogen) atoms. The van der Waals surface area contributed by atoms with Crippen molar-refractivity contribution in [2.45, 2.75) is 31.5 Å². The number of carbonyl (C=O) groups is 1. The zero-order chi connectivity index (χ0) is 15.8. The molecule has 1 atom stereocenters. The van der Waals surface area contributed by atoms with Gasteiger partial charge in [-0.1, -0.05) is 0 Å². The number of hydrogen-bond acceptors (Lipinski definition) is 2. The molecule has 7 heteroatoms. The Morgan fingerprint density at radius 2 is 2.00 bits per heavy atom. The van der Waals surface area contributed by atoms with Crippen LogP contribution in [0.4, 0.5) is 17.6 Å². The number of amides is 1. The summed E-state index contributed by atoms with van der Waals surface area (Å²) in [5, 5.41) is 11.8. The van der Waals surface area contributed by atoms with Gasteiger partial charge in [0.2, 0.25) is 0 Å². The quantitative estimate of drug-likeness (QED) is 0.840. The van der Waals surface area contributed by atoms with Crippen LogP contribution in [0.1, 0.15) is 35.7 Å². The molecule has 0 saturated heterocycles. The monoisotopic (exact) mass is 305 g/mol. The summed E-state index contributed by atoms with van der Waals surface area (Å²) in [6.45, 7) is 1.23. The Kier molecular flexibility index (Phi) is 3.97. The Labute approximate surface area is 119 Å². The van der Waals surface area contributed by atoms with Crippen LogP contribution in [-0.2, 0) is 6.18 Å². The number of benzene rings is 1. The zero-order valence-corrected chi connectivity index (χ0v) is 11.3. The van der Waals surface area contributed by atoms with Crippen LogP contribution < -0.4 is 5.32 Å². The number of aliphatic hydroxyl groups is 1. The number of hydrogen-bond donors (Lipinski definition) is 2. The smallest absolute Gasteiger partial charge is 0.394 e. The third-order valence-electron chi connectivity index (χ3n) is 3.74. The van der Waals surface area contributed by atoms with E-state index in [4.69, 9.17) is 0 Å². The summed E-state index contributed by atoms with van der Waals surface area (Å²) < 4.78 is 51.4. The number of aliphatic hydroxyl groups excluding tert-OH is 1. The van der Waals surface area contributed by atoms with Crippen LogP contribution in [0.2, 0.25) is 0 Å². The summed E-state index contributed by atoms with van der Waals surface area (Å²) in [7, 11) is 0. The van der Waals surface area contributed by atoms with Gasteiger partial charge < -0.3 is 10.4 Å². The van der Waals surface area contributed by atoms with Crippen molar-refractivity contribution >= 4 is 5.91 Å². The van der Waals surface area contributed by atoms with Gasteiger partial charge in [0.05, 0.1) is 23.3 Å². The molecule has 0 aliphatic heterocycles. The largest absolute Gasteiger partial charge is 0.416 e. The molecule has 1 aliphatic carbocycles. The van der Waals surface area contributed by atoms with Crippen LogP contribution >= 0.6 is 0 Å². The van der Waals surface area contributed by atoms with Gasteiger partial charge in [-0.2, -0.15) is 13.2 Å². The fourth-order valence-corrected chi connectivity index (χ4v) is 2.19. The highest BCUT2D eigenvalue weighted by Gasteiger charge is 2.42. The fourth-order valence-electron chi connectivity index (χ4n) is 2.19. The standard InChI is InChI=1S/C14H15F4NO2/c1-13(7-20,8-2-3-8)19-12(21)10-6-9(14(16,17)18)4-5-11(10)15/h4-6,8,20H,2-3,7H2,1H3,(H,19,21). The second-order valence-electron chi connectivity index (χ2n) is 5.50. The van der Waals surface area contributed by atoms with E-state index < -0.39 is 34.6 Å². The lowest BCUT2D eigenvalue weighted by molar-refractivity contribution is -0.137. The van der Waals surface area contributed by atoms with Crippen LogP contribution in [0.15, 0.2) is 18.2 Å². The topological polar surface area (TPSA) is 49.3 Å². The molecule has 0 bridgehead atoms. The predicted octanol–water partition coefficient (Wildman–Crippen LogP) is 2.74. The molecule has 2 N–H and O–H groups in total. The van der Waals surface area contributed by atoms with Crippen molar-refractivity contribution in [2.75, 3.05) is 6.61 Å². The molecule has 0 heterocycles. The fraction of sp³-hybridized carbons (Fsp3) is 0.500. The lowest BCUT2D eigenvalue weighted by Gasteiger charge is -2.29. The van der Waals surface area contributed by atoms with Crippen LogP contribution in [0.5, 0.6) is 0 Å². The predicted molar refractivity (Wildman–Crippen MR) is 67.1 cm³/mol. The van der Waals surface area contributed by atoms with Crippen LogP contribution in [0.3, 0.4) is 0 Å². The van der Waals surface area contributed by atoms with Crippen LogP contribution in [0.25, 0.3) is 0 Å². The third kappa shape index (κ3) is 3.34. The summed E-state index contributed by atoms with van der Waals surface area (Å²) in [6.07, 6.45) is -3.04. The lowest BCUT2D eigenvalue weighted by atomic mass is 9.96. The lowest BCUT2D eigenvalue weighted by Crippen LogP contribution is -2.51. The van der Waals surface area contributed by atoms with E-state index in [1.54, 1.807) is 6.92 Å². The van der Waals surface area contributed by atoms with Gasteiger partial charge in [-0.25, -0.2) is 4.39 Å². The Balaban J connectivity index is 2.26. The molecule has 0 aromatic heterocycles. The Morgan fingerprint density at radius 1 is 1.38 bits per heavy atom. The molecule has 1 aliphatic rings. The van der Waals surface area contributed by atoms with E-state index in [-0.39, 0.29) is 12.5 Å². The first-order chi connectivity index (χ1) is 9.67. The van der Waals surface area contributed by atoms with E-state index >= 15 is 0 Å². The van der Waals surface area contributed by atoms with E-state index in [2.05, 4.69) is 5.32 Å². The first-order valence-electron chi connectivity index (χ1n) is 6.47. The maximum absolute atomic E-state index is 13.6. The van der Waals surface area contributed by atoms with E-state index in [1.165, 1.54) is 0 Å². The second kappa shape index (κ2) is 5.29. The zero-order valence-electron chi connectivity index (χ0n) is 11.3. The molecule has 1 aromatic rings. The first-order valence-corrected chi connectivity index (χ1v) is 6.47. The van der Waals surface area contributed by atoms with E-state index in [0.29, 0.717) is 18.2 Å². The number of carbonyl (C=O) groups excluding carboxylic acids is 1.